The zero-order valence-electron chi connectivity index (χ0n) is 13.9. The number of piperazine rings is 1. The molecule has 2 aromatic rings. The molecule has 0 aliphatic carbocycles. The first kappa shape index (κ1) is 15.4. The van der Waals surface area contributed by atoms with E-state index in [2.05, 4.69) is 33.0 Å². The van der Waals surface area contributed by atoms with Gasteiger partial charge in [-0.2, -0.15) is 0 Å². The lowest BCUT2D eigenvalue weighted by Crippen LogP contribution is -2.45. The average Bonchev–Trinajstić information content (AvgIpc) is 2.65. The van der Waals surface area contributed by atoms with Gasteiger partial charge in [0.15, 0.2) is 11.5 Å². The van der Waals surface area contributed by atoms with Crippen molar-refractivity contribution in [2.24, 2.45) is 0 Å². The lowest BCUT2D eigenvalue weighted by Gasteiger charge is -2.35. The second kappa shape index (κ2) is 7.20. The third-order valence-electron chi connectivity index (χ3n) is 4.64. The van der Waals surface area contributed by atoms with Crippen molar-refractivity contribution in [3.63, 3.8) is 0 Å². The summed E-state index contributed by atoms with van der Waals surface area (Å²) in [5.74, 6) is 1.82. The molecule has 3 heterocycles. The van der Waals surface area contributed by atoms with Crippen molar-refractivity contribution in [3.05, 3.63) is 53.9 Å². The van der Waals surface area contributed by atoms with Gasteiger partial charge in [-0.1, -0.05) is 18.2 Å². The summed E-state index contributed by atoms with van der Waals surface area (Å²) in [6, 6.07) is 10.3. The molecule has 0 atom stereocenters. The van der Waals surface area contributed by atoms with Gasteiger partial charge in [0.25, 0.3) is 0 Å². The number of fused-ring (bicyclic) bond motifs is 1. The highest BCUT2D eigenvalue weighted by Crippen LogP contribution is 2.34. The molecule has 0 spiro atoms. The first-order valence-electron chi connectivity index (χ1n) is 8.59. The van der Waals surface area contributed by atoms with Crippen LogP contribution in [0.3, 0.4) is 0 Å². The van der Waals surface area contributed by atoms with Crippen LogP contribution in [0.5, 0.6) is 11.5 Å². The third kappa shape index (κ3) is 3.52. The maximum absolute atomic E-state index is 5.83. The maximum Gasteiger partial charge on any atom is 0.165 e. The molecule has 1 aromatic heterocycles. The van der Waals surface area contributed by atoms with E-state index in [9.17, 15) is 0 Å². The van der Waals surface area contributed by atoms with Gasteiger partial charge in [0, 0.05) is 57.2 Å². The summed E-state index contributed by atoms with van der Waals surface area (Å²) in [7, 11) is 0. The van der Waals surface area contributed by atoms with E-state index in [1.54, 1.807) is 0 Å². The van der Waals surface area contributed by atoms with Crippen LogP contribution in [0.25, 0.3) is 0 Å². The fourth-order valence-corrected chi connectivity index (χ4v) is 3.35. The predicted octanol–water partition coefficient (Wildman–Crippen LogP) is 2.17. The lowest BCUT2D eigenvalue weighted by atomic mass is 10.1. The van der Waals surface area contributed by atoms with Gasteiger partial charge in [-0.15, -0.1) is 0 Å². The van der Waals surface area contributed by atoms with Crippen molar-refractivity contribution in [1.82, 2.24) is 14.8 Å². The van der Waals surface area contributed by atoms with Crippen LogP contribution in [-0.2, 0) is 13.1 Å². The fourth-order valence-electron chi connectivity index (χ4n) is 3.35. The molecule has 0 bridgehead atoms. The van der Waals surface area contributed by atoms with E-state index < -0.39 is 0 Å². The van der Waals surface area contributed by atoms with Crippen molar-refractivity contribution < 1.29 is 9.47 Å². The van der Waals surface area contributed by atoms with E-state index in [0.29, 0.717) is 13.2 Å². The molecule has 5 nitrogen and oxygen atoms in total. The summed E-state index contributed by atoms with van der Waals surface area (Å²) in [6.45, 7) is 7.51. The molecule has 24 heavy (non-hydrogen) atoms. The zero-order valence-corrected chi connectivity index (χ0v) is 13.9. The number of rotatable bonds is 4. The van der Waals surface area contributed by atoms with E-state index >= 15 is 0 Å². The highest BCUT2D eigenvalue weighted by Gasteiger charge is 2.21. The summed E-state index contributed by atoms with van der Waals surface area (Å²) in [5, 5.41) is 0. The molecule has 1 saturated heterocycles. The third-order valence-corrected chi connectivity index (χ3v) is 4.64. The van der Waals surface area contributed by atoms with Gasteiger partial charge in [0.1, 0.15) is 13.2 Å². The molecule has 0 amide bonds. The lowest BCUT2D eigenvalue weighted by molar-refractivity contribution is 0.118. The number of para-hydroxylation sites is 1. The van der Waals surface area contributed by atoms with Crippen LogP contribution in [-0.4, -0.2) is 54.2 Å². The first-order valence-corrected chi connectivity index (χ1v) is 8.59. The Labute approximate surface area is 142 Å². The molecule has 0 radical (unpaired) electrons. The summed E-state index contributed by atoms with van der Waals surface area (Å²) < 4.78 is 11.5. The topological polar surface area (TPSA) is 37.8 Å². The largest absolute Gasteiger partial charge is 0.486 e. The molecule has 1 aromatic carbocycles. The summed E-state index contributed by atoms with van der Waals surface area (Å²) in [6.07, 6.45) is 3.79. The Morgan fingerprint density at radius 3 is 2.46 bits per heavy atom. The monoisotopic (exact) mass is 325 g/mol. The molecule has 0 saturated carbocycles. The smallest absolute Gasteiger partial charge is 0.165 e. The van der Waals surface area contributed by atoms with Gasteiger partial charge < -0.3 is 9.47 Å². The molecule has 5 heteroatoms. The number of pyridine rings is 1. The number of ether oxygens (including phenoxy) is 2. The molecule has 0 N–H and O–H groups in total. The van der Waals surface area contributed by atoms with Crippen LogP contribution >= 0.6 is 0 Å². The normalized spacial score (nSPS) is 18.5. The van der Waals surface area contributed by atoms with Crippen LogP contribution < -0.4 is 9.47 Å². The second-order valence-electron chi connectivity index (χ2n) is 6.35. The standard InChI is InChI=1S/C19H23N3O2/c1-4-17(19-18(5-1)23-11-12-24-19)15-22-9-7-21(8-10-22)14-16-3-2-6-20-13-16/h1-6,13H,7-12,14-15H2. The predicted molar refractivity (Wildman–Crippen MR) is 92.2 cm³/mol. The van der Waals surface area contributed by atoms with Crippen LogP contribution in [0.2, 0.25) is 0 Å². The quantitative estimate of drug-likeness (QED) is 0.861. The van der Waals surface area contributed by atoms with Gasteiger partial charge in [0.05, 0.1) is 0 Å². The van der Waals surface area contributed by atoms with E-state index in [1.165, 1.54) is 11.1 Å². The molecular weight excluding hydrogens is 302 g/mol. The van der Waals surface area contributed by atoms with Gasteiger partial charge in [-0.25, -0.2) is 0 Å². The first-order chi connectivity index (χ1) is 11.9. The van der Waals surface area contributed by atoms with Crippen molar-refractivity contribution in [2.45, 2.75) is 13.1 Å². The molecule has 4 rings (SSSR count). The van der Waals surface area contributed by atoms with Gasteiger partial charge >= 0.3 is 0 Å². The van der Waals surface area contributed by atoms with Gasteiger partial charge in [0.2, 0.25) is 0 Å². The van der Waals surface area contributed by atoms with Crippen LogP contribution in [0.4, 0.5) is 0 Å². The number of benzene rings is 1. The minimum Gasteiger partial charge on any atom is -0.486 e. The highest BCUT2D eigenvalue weighted by molar-refractivity contribution is 5.47. The Kier molecular flexibility index (Phi) is 4.62. The highest BCUT2D eigenvalue weighted by atomic mass is 16.6. The summed E-state index contributed by atoms with van der Waals surface area (Å²) >= 11 is 0. The van der Waals surface area contributed by atoms with E-state index in [4.69, 9.17) is 9.47 Å². The number of hydrogen-bond donors (Lipinski definition) is 0. The van der Waals surface area contributed by atoms with E-state index in [-0.39, 0.29) is 0 Å². The second-order valence-corrected chi connectivity index (χ2v) is 6.35. The summed E-state index contributed by atoms with van der Waals surface area (Å²) in [4.78, 5) is 9.19. The summed E-state index contributed by atoms with van der Waals surface area (Å²) in [5.41, 5.74) is 2.52. The van der Waals surface area contributed by atoms with Crippen molar-refractivity contribution in [3.8, 4) is 11.5 Å². The van der Waals surface area contributed by atoms with Crippen molar-refractivity contribution in [2.75, 3.05) is 39.4 Å². The molecule has 126 valence electrons. The Morgan fingerprint density at radius 2 is 1.67 bits per heavy atom. The van der Waals surface area contributed by atoms with Crippen LogP contribution in [0, 0.1) is 0 Å². The molecule has 0 unspecified atom stereocenters. The molecule has 2 aliphatic heterocycles. The number of hydrogen-bond acceptors (Lipinski definition) is 5. The van der Waals surface area contributed by atoms with Gasteiger partial charge in [-0.3, -0.25) is 14.8 Å². The minimum absolute atomic E-state index is 0.642. The van der Waals surface area contributed by atoms with Crippen LogP contribution in [0.1, 0.15) is 11.1 Å². The zero-order chi connectivity index (χ0) is 16.2. The number of aromatic nitrogens is 1. The van der Waals surface area contributed by atoms with E-state index in [1.807, 2.05) is 24.5 Å². The molecule has 1 fully saturated rings. The van der Waals surface area contributed by atoms with Crippen molar-refractivity contribution >= 4 is 0 Å². The Bertz CT molecular complexity index is 670. The molecule has 2 aliphatic rings. The minimum atomic E-state index is 0.642. The Morgan fingerprint density at radius 1 is 0.875 bits per heavy atom. The van der Waals surface area contributed by atoms with Gasteiger partial charge in [-0.05, 0) is 17.7 Å². The Balaban J connectivity index is 1.34. The fraction of sp³-hybridized carbons (Fsp3) is 0.421. The maximum atomic E-state index is 5.83. The number of nitrogens with zero attached hydrogens (tertiary/aromatic N) is 3. The Hall–Kier alpha value is -2.11. The SMILES string of the molecule is c1cncc(CN2CCN(Cc3cccc4c3OCCO4)CC2)c1. The van der Waals surface area contributed by atoms with E-state index in [0.717, 1.165) is 50.8 Å². The van der Waals surface area contributed by atoms with Crippen molar-refractivity contribution in [1.29, 1.82) is 0 Å². The average molecular weight is 325 g/mol. The molecular formula is C19H23N3O2. The van der Waals surface area contributed by atoms with Crippen LogP contribution in [0.15, 0.2) is 42.7 Å².